The fourth-order valence-electron chi connectivity index (χ4n) is 1.72. The number of nitrogens with zero attached hydrogens (tertiary/aromatic N) is 2. The van der Waals surface area contributed by atoms with Crippen molar-refractivity contribution in [1.29, 1.82) is 0 Å². The summed E-state index contributed by atoms with van der Waals surface area (Å²) in [5.74, 6) is 0. The molecule has 0 unspecified atom stereocenters. The molecule has 0 saturated heterocycles. The quantitative estimate of drug-likeness (QED) is 0.798. The summed E-state index contributed by atoms with van der Waals surface area (Å²) in [5, 5.41) is 0. The number of halogens is 1. The van der Waals surface area contributed by atoms with Gasteiger partial charge in [0.05, 0.1) is 11.4 Å². The second kappa shape index (κ2) is 5.41. The molecule has 0 saturated carbocycles. The van der Waals surface area contributed by atoms with Gasteiger partial charge in [-0.15, -0.1) is 0 Å². The monoisotopic (exact) mass is 290 g/mol. The average Bonchev–Trinajstić information content (AvgIpc) is 2.38. The molecule has 2 rings (SSSR count). The minimum atomic E-state index is 0.871. The lowest BCUT2D eigenvalue weighted by molar-refractivity contribution is 1.09. The van der Waals surface area contributed by atoms with Gasteiger partial charge in [0, 0.05) is 6.20 Å². The molecule has 0 bridgehead atoms. The van der Waals surface area contributed by atoms with Crippen molar-refractivity contribution in [2.45, 2.75) is 26.7 Å². The van der Waals surface area contributed by atoms with Gasteiger partial charge in [-0.05, 0) is 64.2 Å². The minimum absolute atomic E-state index is 0.871. The first kappa shape index (κ1) is 12.2. The Labute approximate surface area is 110 Å². The zero-order valence-corrected chi connectivity index (χ0v) is 11.7. The molecule has 0 atom stereocenters. The molecule has 0 amide bonds. The van der Waals surface area contributed by atoms with E-state index >= 15 is 0 Å². The van der Waals surface area contributed by atoms with Gasteiger partial charge in [0.15, 0.2) is 0 Å². The van der Waals surface area contributed by atoms with Crippen LogP contribution in [0, 0.1) is 0 Å². The molecule has 2 aromatic heterocycles. The lowest BCUT2D eigenvalue weighted by atomic mass is 10.1. The van der Waals surface area contributed by atoms with Crippen molar-refractivity contribution >= 4 is 15.9 Å². The van der Waals surface area contributed by atoms with Gasteiger partial charge in [0.2, 0.25) is 0 Å². The summed E-state index contributed by atoms with van der Waals surface area (Å²) in [6, 6.07) is 8.30. The summed E-state index contributed by atoms with van der Waals surface area (Å²) < 4.78 is 0.871. The molecule has 2 heterocycles. The molecule has 0 aromatic carbocycles. The van der Waals surface area contributed by atoms with Crippen LogP contribution in [-0.4, -0.2) is 9.97 Å². The van der Waals surface area contributed by atoms with E-state index in [1.54, 1.807) is 0 Å². The van der Waals surface area contributed by atoms with Crippen LogP contribution in [0.5, 0.6) is 0 Å². The van der Waals surface area contributed by atoms with Gasteiger partial charge in [-0.25, -0.2) is 4.98 Å². The lowest BCUT2D eigenvalue weighted by Crippen LogP contribution is -1.92. The maximum absolute atomic E-state index is 4.48. The molecule has 3 heteroatoms. The largest absolute Gasteiger partial charge is 0.255 e. The van der Waals surface area contributed by atoms with Gasteiger partial charge < -0.3 is 0 Å². The number of rotatable bonds is 3. The van der Waals surface area contributed by atoms with Gasteiger partial charge in [-0.2, -0.15) is 0 Å². The van der Waals surface area contributed by atoms with Gasteiger partial charge >= 0.3 is 0 Å². The highest BCUT2D eigenvalue weighted by molar-refractivity contribution is 9.10. The Hall–Kier alpha value is -1.22. The van der Waals surface area contributed by atoms with E-state index in [-0.39, 0.29) is 0 Å². The van der Waals surface area contributed by atoms with E-state index in [0.717, 1.165) is 28.8 Å². The van der Waals surface area contributed by atoms with E-state index in [9.17, 15) is 0 Å². The number of hydrogen-bond acceptors (Lipinski definition) is 2. The second-order valence-corrected chi connectivity index (χ2v) is 4.75. The number of aryl methyl sites for hydroxylation is 2. The number of hydrogen-bond donors (Lipinski definition) is 0. The van der Waals surface area contributed by atoms with Crippen LogP contribution in [0.1, 0.15) is 25.0 Å². The molecule has 0 aliphatic rings. The number of aromatic nitrogens is 2. The van der Waals surface area contributed by atoms with Crippen LogP contribution in [0.25, 0.3) is 11.4 Å². The van der Waals surface area contributed by atoms with Crippen LogP contribution in [0.15, 0.2) is 35.1 Å². The fourth-order valence-corrected chi connectivity index (χ4v) is 2.20. The highest BCUT2D eigenvalue weighted by Gasteiger charge is 2.05. The van der Waals surface area contributed by atoms with E-state index in [0.29, 0.717) is 0 Å². The van der Waals surface area contributed by atoms with Crippen molar-refractivity contribution < 1.29 is 0 Å². The first-order valence-corrected chi connectivity index (χ1v) is 6.64. The zero-order valence-electron chi connectivity index (χ0n) is 10.1. The van der Waals surface area contributed by atoms with Crippen LogP contribution in [0.2, 0.25) is 0 Å². The Morgan fingerprint density at radius 3 is 2.41 bits per heavy atom. The molecular weight excluding hydrogens is 276 g/mol. The molecule has 0 aliphatic heterocycles. The Morgan fingerprint density at radius 2 is 1.71 bits per heavy atom. The molecular formula is C14H15BrN2. The van der Waals surface area contributed by atoms with E-state index in [2.05, 4.69) is 51.9 Å². The third kappa shape index (κ3) is 2.91. The normalized spacial score (nSPS) is 10.5. The van der Waals surface area contributed by atoms with E-state index in [1.807, 2.05) is 18.3 Å². The van der Waals surface area contributed by atoms with E-state index in [4.69, 9.17) is 0 Å². The van der Waals surface area contributed by atoms with Gasteiger partial charge in [-0.3, -0.25) is 4.98 Å². The molecule has 2 nitrogen and oxygen atoms in total. The molecule has 2 aromatic rings. The first-order chi connectivity index (χ1) is 8.22. The van der Waals surface area contributed by atoms with Crippen molar-refractivity contribution in [3.05, 3.63) is 46.2 Å². The van der Waals surface area contributed by atoms with Crippen molar-refractivity contribution in [3.63, 3.8) is 0 Å². The van der Waals surface area contributed by atoms with Gasteiger partial charge in [0.25, 0.3) is 0 Å². The average molecular weight is 291 g/mol. The maximum Gasteiger partial charge on any atom is 0.107 e. The minimum Gasteiger partial charge on any atom is -0.255 e. The van der Waals surface area contributed by atoms with Crippen molar-refractivity contribution in [2.75, 3.05) is 0 Å². The summed E-state index contributed by atoms with van der Waals surface area (Å²) in [7, 11) is 0. The van der Waals surface area contributed by atoms with Crippen LogP contribution in [0.3, 0.4) is 0 Å². The van der Waals surface area contributed by atoms with Gasteiger partial charge in [0.1, 0.15) is 4.60 Å². The first-order valence-electron chi connectivity index (χ1n) is 5.84. The Bertz CT molecular complexity index is 523. The molecule has 88 valence electrons. The van der Waals surface area contributed by atoms with Crippen LogP contribution >= 0.6 is 15.9 Å². The summed E-state index contributed by atoms with van der Waals surface area (Å²) in [4.78, 5) is 8.87. The summed E-state index contributed by atoms with van der Waals surface area (Å²) in [6.45, 7) is 4.28. The molecule has 0 N–H and O–H groups in total. The van der Waals surface area contributed by atoms with E-state index in [1.165, 1.54) is 11.1 Å². The third-order valence-corrected chi connectivity index (χ3v) is 3.16. The predicted molar refractivity (Wildman–Crippen MR) is 73.9 cm³/mol. The van der Waals surface area contributed by atoms with Crippen molar-refractivity contribution in [3.8, 4) is 11.4 Å². The molecule has 0 fully saturated rings. The van der Waals surface area contributed by atoms with E-state index < -0.39 is 0 Å². The smallest absolute Gasteiger partial charge is 0.107 e. The SMILES string of the molecule is CCc1ccnc(-c2cc(CC)cc(Br)n2)c1. The van der Waals surface area contributed by atoms with Gasteiger partial charge in [-0.1, -0.05) is 13.8 Å². The Morgan fingerprint density at radius 1 is 1.00 bits per heavy atom. The fraction of sp³-hybridized carbons (Fsp3) is 0.286. The predicted octanol–water partition coefficient (Wildman–Crippen LogP) is 4.03. The lowest BCUT2D eigenvalue weighted by Gasteiger charge is -2.05. The summed E-state index contributed by atoms with van der Waals surface area (Å²) in [6.07, 6.45) is 3.87. The van der Waals surface area contributed by atoms with Crippen LogP contribution < -0.4 is 0 Å². The summed E-state index contributed by atoms with van der Waals surface area (Å²) >= 11 is 3.45. The highest BCUT2D eigenvalue weighted by Crippen LogP contribution is 2.21. The molecule has 0 aliphatic carbocycles. The third-order valence-electron chi connectivity index (χ3n) is 2.76. The molecule has 17 heavy (non-hydrogen) atoms. The Kier molecular flexibility index (Phi) is 3.89. The van der Waals surface area contributed by atoms with Crippen LogP contribution in [0.4, 0.5) is 0 Å². The molecule has 0 radical (unpaired) electrons. The topological polar surface area (TPSA) is 25.8 Å². The highest BCUT2D eigenvalue weighted by atomic mass is 79.9. The maximum atomic E-state index is 4.48. The summed E-state index contributed by atoms with van der Waals surface area (Å²) in [5.41, 5.74) is 4.44. The number of pyridine rings is 2. The second-order valence-electron chi connectivity index (χ2n) is 3.94. The molecule has 0 spiro atoms. The standard InChI is InChI=1S/C14H15BrN2/c1-3-10-5-6-16-12(7-10)13-8-11(4-2)9-14(15)17-13/h5-9H,3-4H2,1-2H3. The van der Waals surface area contributed by atoms with Crippen molar-refractivity contribution in [1.82, 2.24) is 9.97 Å². The van der Waals surface area contributed by atoms with Crippen molar-refractivity contribution in [2.24, 2.45) is 0 Å². The Balaban J connectivity index is 2.47. The zero-order chi connectivity index (χ0) is 12.3. The van der Waals surface area contributed by atoms with Crippen LogP contribution in [-0.2, 0) is 12.8 Å².